The first kappa shape index (κ1) is 24.3. The Morgan fingerprint density at radius 3 is 1.44 bits per heavy atom. The number of rotatable bonds is 7. The number of ether oxygens (including phenoxy) is 1. The molecule has 0 aromatic heterocycles. The van der Waals surface area contributed by atoms with Crippen molar-refractivity contribution in [3.8, 4) is 0 Å². The van der Waals surface area contributed by atoms with Crippen molar-refractivity contribution in [3.05, 3.63) is 83.1 Å². The SMILES string of the molecule is C=C(Cc1ccc(CO)cc1)OC.CO.O=C(O)Cc1ccc(CO)cc1. The predicted molar refractivity (Wildman–Crippen MR) is 104 cm³/mol. The number of carbonyl (C=O) groups is 1. The summed E-state index contributed by atoms with van der Waals surface area (Å²) in [6, 6.07) is 14.6. The van der Waals surface area contributed by atoms with Crippen molar-refractivity contribution in [2.24, 2.45) is 0 Å². The van der Waals surface area contributed by atoms with Crippen molar-refractivity contribution in [1.82, 2.24) is 0 Å². The first-order valence-electron chi connectivity index (χ1n) is 8.24. The number of hydrogen-bond donors (Lipinski definition) is 4. The summed E-state index contributed by atoms with van der Waals surface area (Å²) in [6.45, 7) is 3.82. The summed E-state index contributed by atoms with van der Waals surface area (Å²) in [5, 5.41) is 33.0. The molecule has 0 unspecified atom stereocenters. The first-order valence-corrected chi connectivity index (χ1v) is 8.24. The summed E-state index contributed by atoms with van der Waals surface area (Å²) in [6.07, 6.45) is 0.758. The summed E-state index contributed by atoms with van der Waals surface area (Å²) < 4.78 is 4.97. The van der Waals surface area contributed by atoms with Gasteiger partial charge >= 0.3 is 5.97 Å². The number of methoxy groups -OCH3 is 1. The van der Waals surface area contributed by atoms with E-state index in [1.165, 1.54) is 0 Å². The highest BCUT2D eigenvalue weighted by Gasteiger charge is 1.99. The maximum atomic E-state index is 10.3. The third-order valence-electron chi connectivity index (χ3n) is 3.46. The number of allylic oxidation sites excluding steroid dienone is 1. The zero-order chi connectivity index (χ0) is 20.7. The van der Waals surface area contributed by atoms with Crippen LogP contribution in [0.1, 0.15) is 22.3 Å². The van der Waals surface area contributed by atoms with Gasteiger partial charge in [-0.15, -0.1) is 0 Å². The molecule has 0 amide bonds. The summed E-state index contributed by atoms with van der Waals surface area (Å²) >= 11 is 0. The van der Waals surface area contributed by atoms with Crippen LogP contribution in [0.15, 0.2) is 60.9 Å². The van der Waals surface area contributed by atoms with Gasteiger partial charge in [0.2, 0.25) is 0 Å². The van der Waals surface area contributed by atoms with Crippen molar-refractivity contribution >= 4 is 5.97 Å². The smallest absolute Gasteiger partial charge is 0.307 e. The molecule has 6 heteroatoms. The van der Waals surface area contributed by atoms with E-state index in [0.717, 1.165) is 41.5 Å². The molecular formula is C21H28O6. The van der Waals surface area contributed by atoms with Gasteiger partial charge in [-0.3, -0.25) is 4.79 Å². The average molecular weight is 376 g/mol. The quantitative estimate of drug-likeness (QED) is 0.553. The van der Waals surface area contributed by atoms with Crippen LogP contribution < -0.4 is 0 Å². The Hall–Kier alpha value is -2.67. The van der Waals surface area contributed by atoms with Crippen molar-refractivity contribution in [3.63, 3.8) is 0 Å². The molecule has 0 aliphatic rings. The standard InChI is InChI=1S/C11H14O2.C9H10O3.CH4O/c1-9(13-2)7-10-3-5-11(8-12)6-4-10;10-6-8-3-1-7(2-4-8)5-9(11)12;1-2/h3-6,12H,1,7-8H2,2H3;1-4,10H,5-6H2,(H,11,12);2H,1H3. The Balaban J connectivity index is 0.000000460. The lowest BCUT2D eigenvalue weighted by Gasteiger charge is -2.04. The summed E-state index contributed by atoms with van der Waals surface area (Å²) in [7, 11) is 2.62. The van der Waals surface area contributed by atoms with Crippen LogP contribution >= 0.6 is 0 Å². The second-order valence-corrected chi connectivity index (χ2v) is 5.44. The number of carboxylic acid groups (broad SMARTS) is 1. The van der Waals surface area contributed by atoms with Crippen molar-refractivity contribution < 1.29 is 30.0 Å². The zero-order valence-electron chi connectivity index (χ0n) is 15.8. The molecule has 0 heterocycles. The first-order chi connectivity index (χ1) is 13.0. The largest absolute Gasteiger partial charge is 0.501 e. The van der Waals surface area contributed by atoms with Crippen LogP contribution in [0.5, 0.6) is 0 Å². The van der Waals surface area contributed by atoms with Crippen LogP contribution in [-0.4, -0.2) is 40.6 Å². The normalized spacial score (nSPS) is 9.22. The molecule has 0 bridgehead atoms. The Kier molecular flexibility index (Phi) is 13.1. The molecule has 0 saturated heterocycles. The molecule has 2 rings (SSSR count). The molecule has 0 aliphatic carbocycles. The van der Waals surface area contributed by atoms with Crippen LogP contribution in [0, 0.1) is 0 Å². The van der Waals surface area contributed by atoms with E-state index < -0.39 is 5.97 Å². The monoisotopic (exact) mass is 376 g/mol. The van der Waals surface area contributed by atoms with Gasteiger partial charge in [-0.1, -0.05) is 55.1 Å². The van der Waals surface area contributed by atoms with Gasteiger partial charge in [-0.2, -0.15) is 0 Å². The fourth-order valence-electron chi connectivity index (χ4n) is 2.00. The van der Waals surface area contributed by atoms with Gasteiger partial charge in [0.25, 0.3) is 0 Å². The second kappa shape index (κ2) is 14.5. The summed E-state index contributed by atoms with van der Waals surface area (Å²) in [4.78, 5) is 10.3. The lowest BCUT2D eigenvalue weighted by atomic mass is 10.1. The highest BCUT2D eigenvalue weighted by Crippen LogP contribution is 2.09. The number of aliphatic hydroxyl groups excluding tert-OH is 3. The third-order valence-corrected chi connectivity index (χ3v) is 3.46. The Bertz CT molecular complexity index is 662. The number of aliphatic carboxylic acids is 1. The van der Waals surface area contributed by atoms with Gasteiger partial charge in [0.1, 0.15) is 0 Å². The lowest BCUT2D eigenvalue weighted by molar-refractivity contribution is -0.136. The Morgan fingerprint density at radius 1 is 0.815 bits per heavy atom. The van der Waals surface area contributed by atoms with Gasteiger partial charge in [-0.25, -0.2) is 0 Å². The predicted octanol–water partition coefficient (Wildman–Crippen LogP) is 2.30. The molecule has 148 valence electrons. The van der Waals surface area contributed by atoms with Crippen LogP contribution in [0.3, 0.4) is 0 Å². The van der Waals surface area contributed by atoms with E-state index in [1.54, 1.807) is 31.4 Å². The maximum absolute atomic E-state index is 10.3. The minimum Gasteiger partial charge on any atom is -0.501 e. The van der Waals surface area contributed by atoms with Gasteiger partial charge in [0, 0.05) is 13.5 Å². The topological polar surface area (TPSA) is 107 Å². The summed E-state index contributed by atoms with van der Waals surface area (Å²) in [5.41, 5.74) is 3.61. The van der Waals surface area contributed by atoms with Gasteiger partial charge in [0.05, 0.1) is 32.5 Å². The molecule has 27 heavy (non-hydrogen) atoms. The highest BCUT2D eigenvalue weighted by atomic mass is 16.5. The van der Waals surface area contributed by atoms with E-state index >= 15 is 0 Å². The molecule has 4 N–H and O–H groups in total. The number of carboxylic acids is 1. The van der Waals surface area contributed by atoms with Crippen LogP contribution in [0.4, 0.5) is 0 Å². The fraction of sp³-hybridized carbons (Fsp3) is 0.286. The summed E-state index contributed by atoms with van der Waals surface area (Å²) in [5.74, 6) is -0.0940. The van der Waals surface area contributed by atoms with Crippen LogP contribution in [0.25, 0.3) is 0 Å². The minimum absolute atomic E-state index is 0.00660. The number of benzene rings is 2. The molecule has 6 nitrogen and oxygen atoms in total. The zero-order valence-corrected chi connectivity index (χ0v) is 15.8. The van der Waals surface area contributed by atoms with E-state index in [4.69, 9.17) is 25.2 Å². The van der Waals surface area contributed by atoms with E-state index in [0.29, 0.717) is 0 Å². The number of aliphatic hydroxyl groups is 3. The Morgan fingerprint density at radius 2 is 1.15 bits per heavy atom. The molecule has 0 fully saturated rings. The van der Waals surface area contributed by atoms with Crippen molar-refractivity contribution in [2.75, 3.05) is 14.2 Å². The van der Waals surface area contributed by atoms with Crippen LogP contribution in [0.2, 0.25) is 0 Å². The minimum atomic E-state index is -0.841. The van der Waals surface area contributed by atoms with Crippen molar-refractivity contribution in [2.45, 2.75) is 26.1 Å². The van der Waals surface area contributed by atoms with Gasteiger partial charge in [0.15, 0.2) is 0 Å². The second-order valence-electron chi connectivity index (χ2n) is 5.44. The van der Waals surface area contributed by atoms with E-state index in [-0.39, 0.29) is 19.6 Å². The Labute approximate surface area is 160 Å². The third kappa shape index (κ3) is 10.8. The molecule has 2 aromatic rings. The molecule has 0 radical (unpaired) electrons. The van der Waals surface area contributed by atoms with Gasteiger partial charge in [-0.05, 0) is 22.3 Å². The molecular weight excluding hydrogens is 348 g/mol. The molecule has 0 spiro atoms. The van der Waals surface area contributed by atoms with Crippen LogP contribution in [-0.2, 0) is 35.6 Å². The van der Waals surface area contributed by atoms with E-state index in [1.807, 2.05) is 24.3 Å². The highest BCUT2D eigenvalue weighted by molar-refractivity contribution is 5.70. The van der Waals surface area contributed by atoms with Crippen molar-refractivity contribution in [1.29, 1.82) is 0 Å². The molecule has 2 aromatic carbocycles. The molecule has 0 aliphatic heterocycles. The fourth-order valence-corrected chi connectivity index (χ4v) is 2.00. The molecule has 0 atom stereocenters. The lowest BCUT2D eigenvalue weighted by Crippen LogP contribution is -1.99. The number of hydrogen-bond acceptors (Lipinski definition) is 5. The molecule has 0 saturated carbocycles. The maximum Gasteiger partial charge on any atom is 0.307 e. The van der Waals surface area contributed by atoms with E-state index in [2.05, 4.69) is 6.58 Å². The van der Waals surface area contributed by atoms with Gasteiger partial charge < -0.3 is 25.2 Å². The van der Waals surface area contributed by atoms with E-state index in [9.17, 15) is 4.79 Å². The average Bonchev–Trinajstić information content (AvgIpc) is 2.70.